The lowest BCUT2D eigenvalue weighted by molar-refractivity contribution is -0.137. The van der Waals surface area contributed by atoms with Gasteiger partial charge in [0, 0.05) is 13.1 Å². The van der Waals surface area contributed by atoms with Gasteiger partial charge in [-0.15, -0.1) is 0 Å². The maximum atomic E-state index is 12.9. The van der Waals surface area contributed by atoms with E-state index in [1.807, 2.05) is 0 Å². The average molecular weight is 289 g/mol. The fraction of sp³-hybridized carbons (Fsp3) is 0.333. The molecule has 0 unspecified atom stereocenters. The Balaban J connectivity index is 2.57. The van der Waals surface area contributed by atoms with Gasteiger partial charge in [0.25, 0.3) is 0 Å². The van der Waals surface area contributed by atoms with Crippen LogP contribution in [0.5, 0.6) is 0 Å². The van der Waals surface area contributed by atoms with Crippen molar-refractivity contribution in [2.24, 2.45) is 0 Å². The highest BCUT2D eigenvalue weighted by Crippen LogP contribution is 2.15. The number of aliphatic carboxylic acids is 1. The Hall–Kier alpha value is -1.82. The van der Waals surface area contributed by atoms with Crippen LogP contribution in [0.3, 0.4) is 0 Å². The maximum absolute atomic E-state index is 12.9. The van der Waals surface area contributed by atoms with Crippen LogP contribution in [-0.4, -0.2) is 35.1 Å². The van der Waals surface area contributed by atoms with Crippen LogP contribution in [0, 0.1) is 5.82 Å². The van der Waals surface area contributed by atoms with Crippen molar-refractivity contribution in [1.29, 1.82) is 0 Å². The topological polar surface area (TPSA) is 69.6 Å². The number of urea groups is 1. The van der Waals surface area contributed by atoms with Gasteiger partial charge in [-0.25, -0.2) is 9.18 Å². The lowest BCUT2D eigenvalue weighted by Crippen LogP contribution is -2.42. The summed E-state index contributed by atoms with van der Waals surface area (Å²) in [5.74, 6) is -1.61. The van der Waals surface area contributed by atoms with E-state index >= 15 is 0 Å². The van der Waals surface area contributed by atoms with Crippen molar-refractivity contribution < 1.29 is 19.1 Å². The highest BCUT2D eigenvalue weighted by molar-refractivity contribution is 6.30. The van der Waals surface area contributed by atoms with Crippen LogP contribution in [0.4, 0.5) is 9.18 Å². The van der Waals surface area contributed by atoms with E-state index in [0.29, 0.717) is 5.56 Å². The van der Waals surface area contributed by atoms with Crippen LogP contribution in [0.25, 0.3) is 0 Å². The lowest BCUT2D eigenvalue weighted by atomic mass is 10.2. The van der Waals surface area contributed by atoms with Gasteiger partial charge in [-0.05, 0) is 24.6 Å². The second-order valence-corrected chi connectivity index (χ2v) is 4.22. The number of halogens is 2. The Bertz CT molecular complexity index is 482. The van der Waals surface area contributed by atoms with Crippen molar-refractivity contribution >= 4 is 23.6 Å². The zero-order valence-corrected chi connectivity index (χ0v) is 11.1. The molecule has 104 valence electrons. The van der Waals surface area contributed by atoms with Crippen LogP contribution in [0.2, 0.25) is 5.02 Å². The summed E-state index contributed by atoms with van der Waals surface area (Å²) in [6.45, 7) is 1.74. The molecule has 0 saturated heterocycles. The SMILES string of the molecule is CCN(CC(=O)O)C(=O)NCc1ccc(F)c(Cl)c1. The number of hydrogen-bond acceptors (Lipinski definition) is 2. The van der Waals surface area contributed by atoms with Gasteiger partial charge in [0.1, 0.15) is 12.4 Å². The van der Waals surface area contributed by atoms with Gasteiger partial charge in [-0.2, -0.15) is 0 Å². The molecule has 0 aliphatic heterocycles. The molecule has 5 nitrogen and oxygen atoms in total. The number of amides is 2. The van der Waals surface area contributed by atoms with Crippen molar-refractivity contribution in [2.45, 2.75) is 13.5 Å². The maximum Gasteiger partial charge on any atom is 0.323 e. The molecular weight excluding hydrogens is 275 g/mol. The van der Waals surface area contributed by atoms with Gasteiger partial charge in [0.15, 0.2) is 0 Å². The van der Waals surface area contributed by atoms with Gasteiger partial charge >= 0.3 is 12.0 Å². The Morgan fingerprint density at radius 1 is 1.47 bits per heavy atom. The largest absolute Gasteiger partial charge is 0.480 e. The van der Waals surface area contributed by atoms with Crippen molar-refractivity contribution in [2.75, 3.05) is 13.1 Å². The standard InChI is InChI=1S/C12H14ClFN2O3/c1-2-16(7-11(17)18)12(19)15-6-8-3-4-10(14)9(13)5-8/h3-5H,2,6-7H2,1H3,(H,15,19)(H,17,18). The fourth-order valence-electron chi connectivity index (χ4n) is 1.43. The summed E-state index contributed by atoms with van der Waals surface area (Å²) >= 11 is 5.61. The molecule has 0 aliphatic carbocycles. The Morgan fingerprint density at radius 2 is 2.16 bits per heavy atom. The minimum absolute atomic E-state index is 0.0235. The molecule has 2 N–H and O–H groups in total. The lowest BCUT2D eigenvalue weighted by Gasteiger charge is -2.19. The number of carbonyl (C=O) groups is 2. The fourth-order valence-corrected chi connectivity index (χ4v) is 1.63. The summed E-state index contributed by atoms with van der Waals surface area (Å²) in [6.07, 6.45) is 0. The van der Waals surface area contributed by atoms with E-state index in [9.17, 15) is 14.0 Å². The molecule has 1 rings (SSSR count). The number of carboxylic acids is 1. The van der Waals surface area contributed by atoms with Gasteiger partial charge in [-0.1, -0.05) is 17.7 Å². The van der Waals surface area contributed by atoms with Crippen LogP contribution < -0.4 is 5.32 Å². The number of carbonyl (C=O) groups excluding carboxylic acids is 1. The first-order chi connectivity index (χ1) is 8.93. The number of nitrogens with one attached hydrogen (secondary N) is 1. The molecular formula is C12H14ClFN2O3. The third kappa shape index (κ3) is 4.75. The second kappa shape index (κ2) is 6.94. The second-order valence-electron chi connectivity index (χ2n) is 3.82. The minimum Gasteiger partial charge on any atom is -0.480 e. The predicted octanol–water partition coefficient (Wildman–Crippen LogP) is 2.10. The Morgan fingerprint density at radius 3 is 2.68 bits per heavy atom. The van der Waals surface area contributed by atoms with Crippen molar-refractivity contribution in [3.05, 3.63) is 34.6 Å². The first-order valence-electron chi connectivity index (χ1n) is 5.62. The number of hydrogen-bond donors (Lipinski definition) is 2. The number of rotatable bonds is 5. The third-order valence-corrected chi connectivity index (χ3v) is 2.71. The average Bonchev–Trinajstić information content (AvgIpc) is 2.36. The normalized spacial score (nSPS) is 10.1. The van der Waals surface area contributed by atoms with E-state index in [2.05, 4.69) is 5.32 Å². The predicted molar refractivity (Wildman–Crippen MR) is 68.5 cm³/mol. The summed E-state index contributed by atoms with van der Waals surface area (Å²) < 4.78 is 12.9. The number of benzene rings is 1. The highest BCUT2D eigenvalue weighted by atomic mass is 35.5. The zero-order chi connectivity index (χ0) is 14.4. The summed E-state index contributed by atoms with van der Waals surface area (Å²) in [4.78, 5) is 23.4. The highest BCUT2D eigenvalue weighted by Gasteiger charge is 2.14. The zero-order valence-electron chi connectivity index (χ0n) is 10.3. The smallest absolute Gasteiger partial charge is 0.323 e. The van der Waals surface area contributed by atoms with Crippen molar-refractivity contribution in [3.8, 4) is 0 Å². The molecule has 7 heteroatoms. The summed E-state index contributed by atoms with van der Waals surface area (Å²) in [6, 6.07) is 3.61. The molecule has 0 heterocycles. The quantitative estimate of drug-likeness (QED) is 0.872. The van der Waals surface area contributed by atoms with Crippen molar-refractivity contribution in [3.63, 3.8) is 0 Å². The summed E-state index contributed by atoms with van der Waals surface area (Å²) in [7, 11) is 0. The number of carboxylic acid groups (broad SMARTS) is 1. The van der Waals surface area contributed by atoms with E-state index in [1.165, 1.54) is 18.2 Å². The molecule has 0 saturated carbocycles. The van der Waals surface area contributed by atoms with Gasteiger partial charge < -0.3 is 15.3 Å². The molecule has 0 radical (unpaired) electrons. The van der Waals surface area contributed by atoms with Gasteiger partial charge in [-0.3, -0.25) is 4.79 Å². The van der Waals surface area contributed by atoms with E-state index in [4.69, 9.17) is 16.7 Å². The molecule has 19 heavy (non-hydrogen) atoms. The molecule has 0 spiro atoms. The van der Waals surface area contributed by atoms with Crippen LogP contribution in [-0.2, 0) is 11.3 Å². The Kier molecular flexibility index (Phi) is 5.57. The van der Waals surface area contributed by atoms with Gasteiger partial charge in [0.05, 0.1) is 5.02 Å². The molecule has 1 aromatic rings. The van der Waals surface area contributed by atoms with Crippen LogP contribution >= 0.6 is 11.6 Å². The van der Waals surface area contributed by atoms with Crippen LogP contribution in [0.15, 0.2) is 18.2 Å². The first kappa shape index (κ1) is 15.2. The third-order valence-electron chi connectivity index (χ3n) is 2.42. The molecule has 0 fully saturated rings. The van der Waals surface area contributed by atoms with Crippen molar-refractivity contribution in [1.82, 2.24) is 10.2 Å². The van der Waals surface area contributed by atoms with E-state index in [1.54, 1.807) is 6.92 Å². The van der Waals surface area contributed by atoms with E-state index in [-0.39, 0.29) is 24.7 Å². The molecule has 2 amide bonds. The minimum atomic E-state index is -1.08. The number of nitrogens with zero attached hydrogens (tertiary/aromatic N) is 1. The molecule has 1 aromatic carbocycles. The van der Waals surface area contributed by atoms with E-state index in [0.717, 1.165) is 4.90 Å². The van der Waals surface area contributed by atoms with E-state index < -0.39 is 17.8 Å². The monoisotopic (exact) mass is 288 g/mol. The molecule has 0 atom stereocenters. The molecule has 0 aromatic heterocycles. The summed E-state index contributed by atoms with van der Waals surface area (Å²) in [5.41, 5.74) is 0.631. The Labute approximate surface area is 115 Å². The van der Waals surface area contributed by atoms with Gasteiger partial charge in [0.2, 0.25) is 0 Å². The van der Waals surface area contributed by atoms with Crippen LogP contribution in [0.1, 0.15) is 12.5 Å². The molecule has 0 bridgehead atoms. The number of likely N-dealkylation sites (N-methyl/N-ethyl adjacent to an activating group) is 1. The molecule has 0 aliphatic rings. The first-order valence-corrected chi connectivity index (χ1v) is 6.00. The summed E-state index contributed by atoms with van der Waals surface area (Å²) in [5, 5.41) is 11.2.